The van der Waals surface area contributed by atoms with Crippen LogP contribution in [-0.2, 0) is 6.42 Å². The normalized spacial score (nSPS) is 16.2. The summed E-state index contributed by atoms with van der Waals surface area (Å²) in [6, 6.07) is 11.9. The Labute approximate surface area is 124 Å². The lowest BCUT2D eigenvalue weighted by atomic mass is 9.99. The number of rotatable bonds is 4. The molecule has 110 valence electrons. The highest BCUT2D eigenvalue weighted by Gasteiger charge is 2.25. The zero-order chi connectivity index (χ0) is 14.8. The molecule has 0 spiro atoms. The second-order valence-electron chi connectivity index (χ2n) is 5.04. The van der Waals surface area contributed by atoms with Crippen molar-refractivity contribution < 1.29 is 14.2 Å². The molecule has 0 saturated heterocycles. The third-order valence-electron chi connectivity index (χ3n) is 3.79. The molecule has 3 rings (SSSR count). The van der Waals surface area contributed by atoms with Crippen LogP contribution in [-0.4, -0.2) is 26.9 Å². The van der Waals surface area contributed by atoms with E-state index >= 15 is 0 Å². The Bertz CT molecular complexity index is 654. The third kappa shape index (κ3) is 2.43. The maximum absolute atomic E-state index is 5.99. The van der Waals surface area contributed by atoms with E-state index in [9.17, 15) is 0 Å². The van der Waals surface area contributed by atoms with E-state index in [4.69, 9.17) is 19.9 Å². The molecular weight excluding hydrogens is 266 g/mol. The highest BCUT2D eigenvalue weighted by molar-refractivity contribution is 5.78. The summed E-state index contributed by atoms with van der Waals surface area (Å²) in [4.78, 5) is 0. The Hall–Kier alpha value is -2.20. The first-order valence-corrected chi connectivity index (χ1v) is 6.97. The van der Waals surface area contributed by atoms with Crippen LogP contribution in [0.25, 0.3) is 11.1 Å². The monoisotopic (exact) mass is 285 g/mol. The topological polar surface area (TPSA) is 53.7 Å². The van der Waals surface area contributed by atoms with E-state index in [1.54, 1.807) is 14.2 Å². The molecule has 0 amide bonds. The number of para-hydroxylation sites is 1. The van der Waals surface area contributed by atoms with Gasteiger partial charge in [0.1, 0.15) is 23.4 Å². The van der Waals surface area contributed by atoms with Crippen molar-refractivity contribution in [1.82, 2.24) is 0 Å². The Morgan fingerprint density at radius 1 is 1.14 bits per heavy atom. The highest BCUT2D eigenvalue weighted by atomic mass is 16.5. The van der Waals surface area contributed by atoms with Crippen LogP contribution in [0.3, 0.4) is 0 Å². The molecule has 1 atom stereocenters. The van der Waals surface area contributed by atoms with Gasteiger partial charge in [0.05, 0.1) is 14.2 Å². The van der Waals surface area contributed by atoms with Gasteiger partial charge in [-0.3, -0.25) is 0 Å². The molecule has 0 fully saturated rings. The van der Waals surface area contributed by atoms with Crippen LogP contribution in [0.1, 0.15) is 5.56 Å². The number of fused-ring (bicyclic) bond motifs is 1. The van der Waals surface area contributed by atoms with Crippen molar-refractivity contribution in [1.29, 1.82) is 0 Å². The second-order valence-corrected chi connectivity index (χ2v) is 5.04. The molecule has 0 bridgehead atoms. The lowest BCUT2D eigenvalue weighted by Gasteiger charge is -2.14. The fourth-order valence-electron chi connectivity index (χ4n) is 2.71. The molecule has 4 heteroatoms. The first-order valence-electron chi connectivity index (χ1n) is 6.97. The average molecular weight is 285 g/mol. The summed E-state index contributed by atoms with van der Waals surface area (Å²) in [5, 5.41) is 0. The van der Waals surface area contributed by atoms with E-state index in [-0.39, 0.29) is 6.10 Å². The smallest absolute Gasteiger partial charge is 0.131 e. The molecule has 1 heterocycles. The van der Waals surface area contributed by atoms with Gasteiger partial charge >= 0.3 is 0 Å². The van der Waals surface area contributed by atoms with Crippen LogP contribution in [0, 0.1) is 0 Å². The van der Waals surface area contributed by atoms with Crippen LogP contribution in [0.5, 0.6) is 17.2 Å². The Morgan fingerprint density at radius 2 is 2.00 bits per heavy atom. The van der Waals surface area contributed by atoms with E-state index in [1.807, 2.05) is 30.3 Å². The van der Waals surface area contributed by atoms with Crippen molar-refractivity contribution in [2.75, 3.05) is 20.8 Å². The zero-order valence-corrected chi connectivity index (χ0v) is 12.3. The number of methoxy groups -OCH3 is 2. The van der Waals surface area contributed by atoms with Crippen molar-refractivity contribution >= 4 is 0 Å². The molecule has 2 aromatic carbocycles. The molecule has 0 aliphatic carbocycles. The van der Waals surface area contributed by atoms with Crippen LogP contribution >= 0.6 is 0 Å². The minimum absolute atomic E-state index is 0.0535. The predicted octanol–water partition coefficient (Wildman–Crippen LogP) is 2.63. The van der Waals surface area contributed by atoms with Crippen molar-refractivity contribution in [3.8, 4) is 28.4 Å². The molecule has 21 heavy (non-hydrogen) atoms. The van der Waals surface area contributed by atoms with Gasteiger partial charge < -0.3 is 19.9 Å². The molecular formula is C17H19NO3. The largest absolute Gasteiger partial charge is 0.497 e. The van der Waals surface area contributed by atoms with E-state index in [0.717, 1.165) is 34.8 Å². The maximum Gasteiger partial charge on any atom is 0.131 e. The second kappa shape index (κ2) is 5.66. The molecule has 0 unspecified atom stereocenters. The first kappa shape index (κ1) is 13.8. The fourth-order valence-corrected chi connectivity index (χ4v) is 2.71. The van der Waals surface area contributed by atoms with Crippen LogP contribution in [0.15, 0.2) is 36.4 Å². The summed E-state index contributed by atoms with van der Waals surface area (Å²) in [5.41, 5.74) is 8.90. The molecule has 2 N–H and O–H groups in total. The Balaban J connectivity index is 2.12. The van der Waals surface area contributed by atoms with Gasteiger partial charge in [0.15, 0.2) is 0 Å². The molecule has 1 aliphatic heterocycles. The molecule has 4 nitrogen and oxygen atoms in total. The van der Waals surface area contributed by atoms with E-state index in [0.29, 0.717) is 6.54 Å². The maximum atomic E-state index is 5.99. The lowest BCUT2D eigenvalue weighted by Crippen LogP contribution is -2.24. The van der Waals surface area contributed by atoms with Gasteiger partial charge in [-0.25, -0.2) is 0 Å². The number of nitrogens with two attached hydrogens (primary N) is 1. The fraction of sp³-hybridized carbons (Fsp3) is 0.294. The number of hydrogen-bond acceptors (Lipinski definition) is 4. The molecule has 0 saturated carbocycles. The number of benzene rings is 2. The quantitative estimate of drug-likeness (QED) is 0.938. The average Bonchev–Trinajstić information content (AvgIpc) is 2.97. The summed E-state index contributed by atoms with van der Waals surface area (Å²) in [6.07, 6.45) is 0.907. The van der Waals surface area contributed by atoms with Gasteiger partial charge in [0.2, 0.25) is 0 Å². The molecule has 0 radical (unpaired) electrons. The summed E-state index contributed by atoms with van der Waals surface area (Å²) >= 11 is 0. The number of ether oxygens (including phenoxy) is 3. The van der Waals surface area contributed by atoms with Crippen LogP contribution < -0.4 is 19.9 Å². The Morgan fingerprint density at radius 3 is 2.71 bits per heavy atom. The SMILES string of the molecule is COc1ccc(OC)c(-c2cccc3c2O[C@H](CN)C3)c1. The van der Waals surface area contributed by atoms with Crippen molar-refractivity contribution in [2.24, 2.45) is 5.73 Å². The van der Waals surface area contributed by atoms with Crippen molar-refractivity contribution in [2.45, 2.75) is 12.5 Å². The van der Waals surface area contributed by atoms with Crippen LogP contribution in [0.2, 0.25) is 0 Å². The number of hydrogen-bond donors (Lipinski definition) is 1. The molecule has 1 aliphatic rings. The van der Waals surface area contributed by atoms with Crippen molar-refractivity contribution in [3.05, 3.63) is 42.0 Å². The predicted molar refractivity (Wildman–Crippen MR) is 82.2 cm³/mol. The Kier molecular flexibility index (Phi) is 3.71. The summed E-state index contributed by atoms with van der Waals surface area (Å²) in [6.45, 7) is 0.517. The van der Waals surface area contributed by atoms with E-state index in [1.165, 1.54) is 5.56 Å². The summed E-state index contributed by atoms with van der Waals surface area (Å²) in [5.74, 6) is 2.49. The molecule has 2 aromatic rings. The van der Waals surface area contributed by atoms with E-state index < -0.39 is 0 Å². The highest BCUT2D eigenvalue weighted by Crippen LogP contribution is 2.43. The van der Waals surface area contributed by atoms with Gasteiger partial charge in [-0.15, -0.1) is 0 Å². The standard InChI is InChI=1S/C17H19NO3/c1-19-12-6-7-16(20-2)15(9-12)14-5-3-4-11-8-13(10-18)21-17(11)14/h3-7,9,13H,8,10,18H2,1-2H3/t13-/m0/s1. The van der Waals surface area contributed by atoms with E-state index in [2.05, 4.69) is 6.07 Å². The minimum atomic E-state index is 0.0535. The summed E-state index contributed by atoms with van der Waals surface area (Å²) < 4.78 is 16.8. The van der Waals surface area contributed by atoms with Gasteiger partial charge in [-0.05, 0) is 23.8 Å². The molecule has 0 aromatic heterocycles. The van der Waals surface area contributed by atoms with Gasteiger partial charge in [0, 0.05) is 24.1 Å². The van der Waals surface area contributed by atoms with Crippen LogP contribution in [0.4, 0.5) is 0 Å². The van der Waals surface area contributed by atoms with Gasteiger partial charge in [-0.1, -0.05) is 18.2 Å². The zero-order valence-electron chi connectivity index (χ0n) is 12.3. The van der Waals surface area contributed by atoms with Gasteiger partial charge in [0.25, 0.3) is 0 Å². The summed E-state index contributed by atoms with van der Waals surface area (Å²) in [7, 11) is 3.32. The first-order chi connectivity index (χ1) is 10.3. The lowest BCUT2D eigenvalue weighted by molar-refractivity contribution is 0.242. The van der Waals surface area contributed by atoms with Gasteiger partial charge in [-0.2, -0.15) is 0 Å². The third-order valence-corrected chi connectivity index (χ3v) is 3.79. The van der Waals surface area contributed by atoms with Crippen molar-refractivity contribution in [3.63, 3.8) is 0 Å². The minimum Gasteiger partial charge on any atom is -0.497 e.